The second kappa shape index (κ2) is 38.1. The van der Waals surface area contributed by atoms with Crippen LogP contribution < -0.4 is 44.8 Å². The summed E-state index contributed by atoms with van der Waals surface area (Å²) in [4.78, 5) is 74.6. The largest absolute Gasteiger partial charge is 0.462 e. The molecular formula is C72H96F3N18O21P3. The Morgan fingerprint density at radius 2 is 0.658 bits per heavy atom. The van der Waals surface area contributed by atoms with Crippen molar-refractivity contribution in [2.24, 2.45) is 0 Å². The molecule has 0 aliphatic carbocycles. The Morgan fingerprint density at radius 3 is 0.880 bits per heavy atom. The summed E-state index contributed by atoms with van der Waals surface area (Å²) in [5.74, 6) is -0.109. The molecule has 3 fully saturated rings. The molecule has 45 heteroatoms. The summed E-state index contributed by atoms with van der Waals surface area (Å²) in [6.45, 7) is 16.3. The lowest BCUT2D eigenvalue weighted by molar-refractivity contribution is -0.150. The molecule has 0 saturated carbocycles. The number of nitrogens with one attached hydrogen (secondary N) is 6. The second-order valence-electron chi connectivity index (χ2n) is 28.4. The van der Waals surface area contributed by atoms with Gasteiger partial charge in [0.25, 0.3) is 0 Å². The predicted octanol–water partition coefficient (Wildman–Crippen LogP) is 8.96. The zero-order valence-electron chi connectivity index (χ0n) is 66.4. The Labute approximate surface area is 670 Å². The summed E-state index contributed by atoms with van der Waals surface area (Å²) in [5.41, 5.74) is -4.89. The Kier molecular flexibility index (Phi) is 29.2. The quantitative estimate of drug-likeness (QED) is 0.0105. The van der Waals surface area contributed by atoms with E-state index in [-0.39, 0.29) is 34.2 Å². The van der Waals surface area contributed by atoms with E-state index in [0.29, 0.717) is 34.0 Å². The van der Waals surface area contributed by atoms with Crippen molar-refractivity contribution in [1.29, 1.82) is 0 Å². The highest BCUT2D eigenvalue weighted by molar-refractivity contribution is 7.52. The molecule has 0 spiro atoms. The Hall–Kier alpha value is -9.48. The fraction of sp³-hybridized carbons (Fsp3) is 0.500. The second-order valence-corrected chi connectivity index (χ2v) is 33.4. The minimum Gasteiger partial charge on any atom is -0.462 e. The average molecular weight is 1700 g/mol. The Bertz CT molecular complexity index is 4510. The van der Waals surface area contributed by atoms with Gasteiger partial charge in [-0.3, -0.25) is 41.7 Å². The minimum atomic E-state index is -4.26. The molecule has 1 unspecified atom stereocenters. The number of aliphatic hydroxyl groups excluding tert-OH is 3. The Morgan fingerprint density at radius 1 is 0.419 bits per heavy atom. The predicted molar refractivity (Wildman–Crippen MR) is 416 cm³/mol. The zero-order valence-corrected chi connectivity index (χ0v) is 69.1. The van der Waals surface area contributed by atoms with E-state index in [1.165, 1.54) is 93.2 Å². The lowest BCUT2D eigenvalue weighted by Gasteiger charge is -2.25. The van der Waals surface area contributed by atoms with Crippen LogP contribution in [0.15, 0.2) is 129 Å². The standard InChI is InChI=1S/3C24H32FN6O7P/c3*1-14(2)36-22(33)15(3)30-39(34,38-16-9-7-6-8-10-16)35-11-17-19(32)24(4,25)23(37-17)31-13-29-18-20(26-5)27-12-28-21(18)31/h3*6-10,12-15,17,19,23,32H,11H2,1-5H3,(H,30,34)(H,26,27,28)/t15-,17+,19+,23+,24+,39?;15-,17+,19+,23+,24+,39+;15-,17+,19+,23+,24+,39-/m000/s1. The van der Waals surface area contributed by atoms with Crippen LogP contribution in [0.3, 0.4) is 0 Å². The van der Waals surface area contributed by atoms with E-state index in [9.17, 15) is 43.4 Å². The summed E-state index contributed by atoms with van der Waals surface area (Å²) >= 11 is 0. The first-order valence-electron chi connectivity index (χ1n) is 36.9. The molecule has 0 bridgehead atoms. The molecule has 12 rings (SSSR count). The number of benzene rings is 3. The molecule has 117 heavy (non-hydrogen) atoms. The summed E-state index contributed by atoms with van der Waals surface area (Å²) in [6.07, 6.45) is -6.14. The molecule has 39 nitrogen and oxygen atoms in total. The lowest BCUT2D eigenvalue weighted by atomic mass is 9.98. The van der Waals surface area contributed by atoms with Gasteiger partial charge in [0, 0.05) is 21.1 Å². The van der Waals surface area contributed by atoms with Crippen LogP contribution in [0.4, 0.5) is 30.6 Å². The number of aliphatic hydroxyl groups is 3. The van der Waals surface area contributed by atoms with Gasteiger partial charge in [-0.1, -0.05) is 54.6 Å². The molecule has 3 aromatic carbocycles. The van der Waals surface area contributed by atoms with Crippen molar-refractivity contribution in [3.63, 3.8) is 0 Å². The van der Waals surface area contributed by atoms with Crippen LogP contribution in [0, 0.1) is 0 Å². The van der Waals surface area contributed by atoms with Gasteiger partial charge >= 0.3 is 41.1 Å². The van der Waals surface area contributed by atoms with Crippen LogP contribution >= 0.6 is 23.2 Å². The normalized spacial score (nSPS) is 25.4. The first-order chi connectivity index (χ1) is 55.3. The van der Waals surface area contributed by atoms with Crippen LogP contribution in [-0.4, -0.2) is 223 Å². The van der Waals surface area contributed by atoms with Crippen molar-refractivity contribution in [1.82, 2.24) is 73.8 Å². The number of alkyl halides is 3. The molecule has 9 heterocycles. The number of esters is 3. The third kappa shape index (κ3) is 21.3. The highest BCUT2D eigenvalue weighted by atomic mass is 31.2. The molecule has 0 amide bonds. The van der Waals surface area contributed by atoms with E-state index in [0.717, 1.165) is 0 Å². The van der Waals surface area contributed by atoms with Crippen molar-refractivity contribution >= 4 is 92.1 Å². The molecule has 3 aliphatic heterocycles. The number of hydrogen-bond donors (Lipinski definition) is 9. The number of aromatic nitrogens is 12. The maximum absolute atomic E-state index is 15.9. The topological polar surface area (TPSA) is 477 Å². The fourth-order valence-corrected chi connectivity index (χ4v) is 16.7. The van der Waals surface area contributed by atoms with Crippen LogP contribution in [0.5, 0.6) is 17.2 Å². The third-order valence-corrected chi connectivity index (χ3v) is 22.9. The van der Waals surface area contributed by atoms with E-state index in [2.05, 4.69) is 76.1 Å². The van der Waals surface area contributed by atoms with E-state index in [4.69, 9.17) is 55.6 Å². The molecule has 636 valence electrons. The van der Waals surface area contributed by atoms with Gasteiger partial charge in [0.15, 0.2) is 70.1 Å². The van der Waals surface area contributed by atoms with E-state index < -0.39 is 170 Å². The summed E-state index contributed by atoms with van der Waals surface area (Å²) in [6, 6.07) is 21.3. The Balaban J connectivity index is 0.000000185. The molecule has 3 saturated heterocycles. The number of para-hydroxylation sites is 3. The molecule has 6 aromatic heterocycles. The fourth-order valence-electron chi connectivity index (χ4n) is 12.2. The van der Waals surface area contributed by atoms with Gasteiger partial charge in [-0.15, -0.1) is 0 Å². The van der Waals surface area contributed by atoms with E-state index in [1.54, 1.807) is 154 Å². The molecule has 0 radical (unpaired) electrons. The van der Waals surface area contributed by atoms with Gasteiger partial charge in [-0.05, 0) is 119 Å². The number of ether oxygens (including phenoxy) is 6. The monoisotopic (exact) mass is 1700 g/mol. The van der Waals surface area contributed by atoms with Gasteiger partial charge in [-0.25, -0.2) is 71.7 Å². The number of imidazole rings is 3. The molecule has 18 atom stereocenters. The number of fused-ring (bicyclic) bond motifs is 3. The van der Waals surface area contributed by atoms with Crippen molar-refractivity contribution in [2.45, 2.75) is 192 Å². The first-order valence-corrected chi connectivity index (χ1v) is 41.5. The van der Waals surface area contributed by atoms with Gasteiger partial charge in [0.05, 0.1) is 57.1 Å². The molecule has 9 N–H and O–H groups in total. The minimum absolute atomic E-state index is 0.198. The van der Waals surface area contributed by atoms with Gasteiger partial charge in [0.1, 0.15) is 108 Å². The maximum Gasteiger partial charge on any atom is 0.459 e. The van der Waals surface area contributed by atoms with Crippen LogP contribution in [0.1, 0.15) is 102 Å². The summed E-state index contributed by atoms with van der Waals surface area (Å²) in [7, 11) is -7.78. The number of hydrogen-bond acceptors (Lipinski definition) is 33. The average Bonchev–Trinajstić information content (AvgIpc) is 1.61. The van der Waals surface area contributed by atoms with E-state index in [1.807, 2.05) is 0 Å². The summed E-state index contributed by atoms with van der Waals surface area (Å²) < 4.78 is 160. The van der Waals surface area contributed by atoms with Crippen LogP contribution in [-0.2, 0) is 70.1 Å². The van der Waals surface area contributed by atoms with Crippen LogP contribution in [0.25, 0.3) is 33.5 Å². The first kappa shape index (κ1) is 89.9. The molecule has 9 aromatic rings. The summed E-state index contributed by atoms with van der Waals surface area (Å²) in [5, 5.41) is 48.8. The van der Waals surface area contributed by atoms with Crippen molar-refractivity contribution in [2.75, 3.05) is 56.9 Å². The number of anilines is 3. The smallest absolute Gasteiger partial charge is 0.459 e. The molecular weight excluding hydrogens is 1600 g/mol. The van der Waals surface area contributed by atoms with Gasteiger partial charge < -0.3 is 73.3 Å². The maximum atomic E-state index is 15.9. The van der Waals surface area contributed by atoms with Crippen molar-refractivity contribution in [3.8, 4) is 17.2 Å². The van der Waals surface area contributed by atoms with E-state index >= 15 is 13.2 Å². The number of carbonyl (C=O) groups is 3. The van der Waals surface area contributed by atoms with Crippen molar-refractivity contribution in [3.05, 3.63) is 129 Å². The van der Waals surface area contributed by atoms with Crippen molar-refractivity contribution < 1.29 is 112 Å². The number of halogens is 3. The number of carbonyl (C=O) groups excluding carboxylic acids is 3. The van der Waals surface area contributed by atoms with Gasteiger partial charge in [0.2, 0.25) is 0 Å². The highest BCUT2D eigenvalue weighted by Crippen LogP contribution is 2.52. The van der Waals surface area contributed by atoms with Crippen LogP contribution in [0.2, 0.25) is 0 Å². The van der Waals surface area contributed by atoms with Gasteiger partial charge in [-0.2, -0.15) is 15.3 Å². The SMILES string of the molecule is CNc1ncnc2c1ncn2[C@@H]1O[C@H](COP(=O)(N[C@@H](C)C(=O)OC(C)C)Oc2ccccc2)[C@@H](O)[C@@]1(C)F.CNc1ncnc2c1ncn2[C@@H]1O[C@H](CO[P@@](=O)(N[C@@H](C)C(=O)OC(C)C)Oc2ccccc2)[C@@H](O)[C@@]1(C)F.CNc1ncnc2c1ncn2[C@@H]1O[C@H](CO[P@](=O)(N[C@@H](C)C(=O)OC(C)C)Oc2ccccc2)[C@@H](O)[C@@]1(C)F. The number of nitrogens with zero attached hydrogens (tertiary/aromatic N) is 12. The molecule has 3 aliphatic rings. The number of rotatable bonds is 33. The lowest BCUT2D eigenvalue weighted by Crippen LogP contribution is -2.41. The highest BCUT2D eigenvalue weighted by Gasteiger charge is 2.59. The third-order valence-electron chi connectivity index (χ3n) is 18.0. The zero-order chi connectivity index (χ0) is 85.1.